The summed E-state index contributed by atoms with van der Waals surface area (Å²) in [6, 6.07) is 9.99. The second-order valence-corrected chi connectivity index (χ2v) is 7.99. The minimum Gasteiger partial charge on any atom is -0.369 e. The summed E-state index contributed by atoms with van der Waals surface area (Å²) in [4.78, 5) is 10.4. The van der Waals surface area contributed by atoms with Gasteiger partial charge in [0.15, 0.2) is 0 Å². The van der Waals surface area contributed by atoms with Gasteiger partial charge >= 0.3 is 0 Å². The summed E-state index contributed by atoms with van der Waals surface area (Å²) in [5.41, 5.74) is 2.09. The summed E-state index contributed by atoms with van der Waals surface area (Å²) in [6.07, 6.45) is 6.87. The van der Waals surface area contributed by atoms with E-state index in [-0.39, 0.29) is 17.8 Å². The summed E-state index contributed by atoms with van der Waals surface area (Å²) in [6.45, 7) is 3.06. The summed E-state index contributed by atoms with van der Waals surface area (Å²) >= 11 is 0. The maximum absolute atomic E-state index is 13.9. The third-order valence-corrected chi connectivity index (χ3v) is 6.21. The third-order valence-electron chi connectivity index (χ3n) is 6.21. The van der Waals surface area contributed by atoms with Crippen LogP contribution in [0.1, 0.15) is 18.4 Å². The van der Waals surface area contributed by atoms with E-state index in [1.165, 1.54) is 17.7 Å². The molecule has 3 heterocycles. The molecule has 0 radical (unpaired) electrons. The number of piperidine rings is 1. The van der Waals surface area contributed by atoms with Crippen LogP contribution in [0.2, 0.25) is 0 Å². The molecule has 0 amide bonds. The fraction of sp³-hybridized carbons (Fsp3) is 0.348. The first-order valence-electron chi connectivity index (χ1n) is 10.2. The third kappa shape index (κ3) is 3.65. The number of aromatic nitrogens is 1. The largest absolute Gasteiger partial charge is 0.369 e. The zero-order valence-corrected chi connectivity index (χ0v) is 16.2. The van der Waals surface area contributed by atoms with Crippen molar-refractivity contribution in [2.45, 2.75) is 25.4 Å². The number of fused-ring (bicyclic) bond motifs is 2. The second kappa shape index (κ2) is 7.59. The Balaban J connectivity index is 1.19. The second-order valence-electron chi connectivity index (χ2n) is 7.99. The number of H-pyrrole nitrogens is 1. The summed E-state index contributed by atoms with van der Waals surface area (Å²) < 4.78 is 27.2. The van der Waals surface area contributed by atoms with E-state index in [2.05, 4.69) is 15.2 Å². The van der Waals surface area contributed by atoms with Crippen LogP contribution in [-0.4, -0.2) is 35.7 Å². The Morgan fingerprint density at radius 1 is 1.10 bits per heavy atom. The summed E-state index contributed by atoms with van der Waals surface area (Å²) in [7, 11) is 0. The molecular weight excluding hydrogens is 370 g/mol. The average Bonchev–Trinajstić information content (AvgIpc) is 3.14. The lowest BCUT2D eigenvalue weighted by Crippen LogP contribution is -2.47. The molecule has 1 unspecified atom stereocenters. The molecule has 2 aliphatic heterocycles. The van der Waals surface area contributed by atoms with Crippen molar-refractivity contribution in [3.05, 3.63) is 70.4 Å². The Labute approximate surface area is 167 Å². The van der Waals surface area contributed by atoms with Gasteiger partial charge in [-0.05, 0) is 68.2 Å². The molecule has 1 aromatic heterocycles. The molecule has 2 aromatic carbocycles. The molecule has 6 heteroatoms. The van der Waals surface area contributed by atoms with Gasteiger partial charge in [-0.3, -0.25) is 4.99 Å². The first kappa shape index (κ1) is 18.3. The topological polar surface area (TPSA) is 43.4 Å². The van der Waals surface area contributed by atoms with Gasteiger partial charge in [0, 0.05) is 35.8 Å². The van der Waals surface area contributed by atoms with Crippen LogP contribution in [0.4, 0.5) is 8.78 Å². The molecule has 1 saturated heterocycles. The first-order chi connectivity index (χ1) is 14.2. The molecule has 150 valence electrons. The van der Waals surface area contributed by atoms with Gasteiger partial charge in [0.05, 0.1) is 10.6 Å². The Morgan fingerprint density at radius 2 is 1.97 bits per heavy atom. The van der Waals surface area contributed by atoms with E-state index < -0.39 is 0 Å². The van der Waals surface area contributed by atoms with Gasteiger partial charge < -0.3 is 15.2 Å². The predicted octanol–water partition coefficient (Wildman–Crippen LogP) is 2.69. The fourth-order valence-corrected chi connectivity index (χ4v) is 4.51. The van der Waals surface area contributed by atoms with Crippen molar-refractivity contribution < 1.29 is 8.78 Å². The van der Waals surface area contributed by atoms with Gasteiger partial charge in [-0.25, -0.2) is 8.78 Å². The van der Waals surface area contributed by atoms with Crippen molar-refractivity contribution in [1.82, 2.24) is 15.2 Å². The van der Waals surface area contributed by atoms with Crippen molar-refractivity contribution in [2.24, 2.45) is 10.9 Å². The van der Waals surface area contributed by atoms with Gasteiger partial charge in [0.25, 0.3) is 0 Å². The Morgan fingerprint density at radius 3 is 2.83 bits per heavy atom. The number of halogens is 2. The highest BCUT2D eigenvalue weighted by atomic mass is 19.1. The Kier molecular flexibility index (Phi) is 4.79. The first-order valence-corrected chi connectivity index (χ1v) is 10.2. The van der Waals surface area contributed by atoms with Gasteiger partial charge in [0.1, 0.15) is 17.8 Å². The standard InChI is InChI=1S/C23H24F2N4/c24-17-4-5-18-16(13-26-22(18)12-17)8-11-29-9-6-15(7-10-29)23-27-14-19-20(25)2-1-3-21(19)28-23/h1-5,12-15,23,26-27H,6-11H2. The van der Waals surface area contributed by atoms with E-state index in [0.29, 0.717) is 11.1 Å². The quantitative estimate of drug-likeness (QED) is 0.715. The highest BCUT2D eigenvalue weighted by molar-refractivity contribution is 5.83. The molecule has 5 rings (SSSR count). The lowest BCUT2D eigenvalue weighted by atomic mass is 9.93. The van der Waals surface area contributed by atoms with E-state index in [9.17, 15) is 8.78 Å². The van der Waals surface area contributed by atoms with Crippen molar-refractivity contribution >= 4 is 17.1 Å². The van der Waals surface area contributed by atoms with Crippen molar-refractivity contribution in [1.29, 1.82) is 0 Å². The van der Waals surface area contributed by atoms with Crippen LogP contribution in [0.5, 0.6) is 0 Å². The fourth-order valence-electron chi connectivity index (χ4n) is 4.51. The SMILES string of the molecule is Fc1ccc2c(CCN3CCC(C4N=c5cccc(F)c5=CN4)CC3)c[nH]c2c1. The lowest BCUT2D eigenvalue weighted by molar-refractivity contribution is 0.165. The van der Waals surface area contributed by atoms with Gasteiger partial charge in [-0.2, -0.15) is 0 Å². The zero-order chi connectivity index (χ0) is 19.8. The van der Waals surface area contributed by atoms with Crippen LogP contribution >= 0.6 is 0 Å². The van der Waals surface area contributed by atoms with Crippen molar-refractivity contribution in [3.8, 4) is 0 Å². The smallest absolute Gasteiger partial charge is 0.134 e. The van der Waals surface area contributed by atoms with Gasteiger partial charge in [-0.1, -0.05) is 6.07 Å². The molecule has 4 nitrogen and oxygen atoms in total. The Bertz CT molecular complexity index is 1150. The van der Waals surface area contributed by atoms with Crippen molar-refractivity contribution in [2.75, 3.05) is 19.6 Å². The normalized spacial score (nSPS) is 20.0. The lowest BCUT2D eigenvalue weighted by Gasteiger charge is -2.35. The molecule has 0 bridgehead atoms. The monoisotopic (exact) mass is 394 g/mol. The molecule has 0 aliphatic carbocycles. The van der Waals surface area contributed by atoms with E-state index in [1.54, 1.807) is 18.3 Å². The zero-order valence-electron chi connectivity index (χ0n) is 16.2. The molecule has 2 aliphatic rings. The van der Waals surface area contributed by atoms with Crippen LogP contribution in [0.3, 0.4) is 0 Å². The highest BCUT2D eigenvalue weighted by Crippen LogP contribution is 2.24. The molecular formula is C23H24F2N4. The number of hydrogen-bond acceptors (Lipinski definition) is 3. The van der Waals surface area contributed by atoms with E-state index >= 15 is 0 Å². The number of hydrogen-bond donors (Lipinski definition) is 2. The number of aromatic amines is 1. The molecule has 2 N–H and O–H groups in total. The maximum atomic E-state index is 13.9. The highest BCUT2D eigenvalue weighted by Gasteiger charge is 2.26. The molecule has 0 saturated carbocycles. The van der Waals surface area contributed by atoms with E-state index in [0.717, 1.165) is 55.2 Å². The summed E-state index contributed by atoms with van der Waals surface area (Å²) in [5.74, 6) is 0.0133. The minimum absolute atomic E-state index is 0.0231. The van der Waals surface area contributed by atoms with Crippen LogP contribution in [0, 0.1) is 17.6 Å². The Hall–Kier alpha value is -2.73. The van der Waals surface area contributed by atoms with Crippen LogP contribution in [0.25, 0.3) is 17.1 Å². The molecule has 1 fully saturated rings. The van der Waals surface area contributed by atoms with E-state index in [4.69, 9.17) is 4.99 Å². The van der Waals surface area contributed by atoms with Gasteiger partial charge in [0.2, 0.25) is 0 Å². The molecule has 0 spiro atoms. The summed E-state index contributed by atoms with van der Waals surface area (Å²) in [5, 5.41) is 5.70. The number of rotatable bonds is 4. The molecule has 1 atom stereocenters. The molecule has 3 aromatic rings. The molecule has 29 heavy (non-hydrogen) atoms. The van der Waals surface area contributed by atoms with Crippen LogP contribution in [0.15, 0.2) is 47.6 Å². The minimum atomic E-state index is -0.230. The van der Waals surface area contributed by atoms with E-state index in [1.807, 2.05) is 18.3 Å². The number of nitrogens with one attached hydrogen (secondary N) is 2. The number of likely N-dealkylation sites (tertiary alicyclic amines) is 1. The maximum Gasteiger partial charge on any atom is 0.134 e. The van der Waals surface area contributed by atoms with Crippen LogP contribution < -0.4 is 15.9 Å². The predicted molar refractivity (Wildman–Crippen MR) is 110 cm³/mol. The van der Waals surface area contributed by atoms with Crippen molar-refractivity contribution in [3.63, 3.8) is 0 Å². The van der Waals surface area contributed by atoms with Crippen LogP contribution in [-0.2, 0) is 6.42 Å². The number of benzene rings is 2. The number of nitrogens with zero attached hydrogens (tertiary/aromatic N) is 2. The van der Waals surface area contributed by atoms with Gasteiger partial charge in [-0.15, -0.1) is 0 Å². The average molecular weight is 394 g/mol.